The van der Waals surface area contributed by atoms with Crippen molar-refractivity contribution in [3.05, 3.63) is 74.7 Å². The minimum atomic E-state index is -0.542. The van der Waals surface area contributed by atoms with Gasteiger partial charge in [-0.15, -0.1) is 0 Å². The molecule has 1 aliphatic rings. The molecule has 0 aliphatic carbocycles. The van der Waals surface area contributed by atoms with Crippen LogP contribution in [0.3, 0.4) is 0 Å². The van der Waals surface area contributed by atoms with Gasteiger partial charge in [-0.2, -0.15) is 5.26 Å². The van der Waals surface area contributed by atoms with Crippen LogP contribution < -0.4 is 10.2 Å². The van der Waals surface area contributed by atoms with E-state index in [0.717, 1.165) is 5.56 Å². The highest BCUT2D eigenvalue weighted by molar-refractivity contribution is 8.05. The van der Waals surface area contributed by atoms with E-state index in [9.17, 15) is 14.9 Å². The molecule has 5 nitrogen and oxygen atoms in total. The monoisotopic (exact) mass is 431 g/mol. The summed E-state index contributed by atoms with van der Waals surface area (Å²) in [5.74, 6) is -0.765. The molecule has 1 saturated heterocycles. The largest absolute Gasteiger partial charge is 0.354 e. The lowest BCUT2D eigenvalue weighted by molar-refractivity contribution is -0.117. The van der Waals surface area contributed by atoms with Crippen LogP contribution in [-0.2, 0) is 16.0 Å². The molecule has 1 fully saturated rings. The smallest absolute Gasteiger partial charge is 0.264 e. The number of para-hydroxylation sites is 1. The van der Waals surface area contributed by atoms with Crippen molar-refractivity contribution in [3.63, 3.8) is 0 Å². The van der Waals surface area contributed by atoms with Crippen LogP contribution in [0.25, 0.3) is 0 Å². The van der Waals surface area contributed by atoms with Crippen molar-refractivity contribution in [1.29, 1.82) is 5.26 Å². The predicted molar refractivity (Wildman–Crippen MR) is 112 cm³/mol. The summed E-state index contributed by atoms with van der Waals surface area (Å²) in [4.78, 5) is 26.8. The number of hydrogen-bond donors (Lipinski definition) is 1. The lowest BCUT2D eigenvalue weighted by Gasteiger charge is -2.18. The Bertz CT molecular complexity index is 1000. The third-order valence-corrected chi connectivity index (χ3v) is 6.03. The number of carbonyl (C=O) groups is 2. The Hall–Kier alpha value is -2.46. The van der Waals surface area contributed by atoms with Gasteiger partial charge in [-0.25, -0.2) is 0 Å². The van der Waals surface area contributed by atoms with Gasteiger partial charge in [0.15, 0.2) is 0 Å². The molecule has 1 unspecified atom stereocenters. The van der Waals surface area contributed by atoms with Crippen LogP contribution in [0.5, 0.6) is 0 Å². The van der Waals surface area contributed by atoms with E-state index < -0.39 is 11.2 Å². The summed E-state index contributed by atoms with van der Waals surface area (Å²) in [6.07, 6.45) is 0.322. The Labute approximate surface area is 176 Å². The number of halogens is 2. The van der Waals surface area contributed by atoms with Crippen molar-refractivity contribution in [1.82, 2.24) is 5.32 Å². The van der Waals surface area contributed by atoms with Gasteiger partial charge in [0.2, 0.25) is 5.91 Å². The van der Waals surface area contributed by atoms with E-state index in [1.807, 2.05) is 12.1 Å². The summed E-state index contributed by atoms with van der Waals surface area (Å²) < 4.78 is 0. The molecule has 0 radical (unpaired) electrons. The maximum Gasteiger partial charge on any atom is 0.264 e. The number of rotatable bonds is 4. The van der Waals surface area contributed by atoms with Gasteiger partial charge in [-0.1, -0.05) is 53.2 Å². The zero-order valence-electron chi connectivity index (χ0n) is 14.8. The average Bonchev–Trinajstić information content (AvgIpc) is 3.01. The Kier molecular flexibility index (Phi) is 6.30. The molecule has 1 N–H and O–H groups in total. The van der Waals surface area contributed by atoms with Crippen LogP contribution in [0.15, 0.2) is 59.1 Å². The second-order valence-corrected chi connectivity index (χ2v) is 7.96. The van der Waals surface area contributed by atoms with Crippen LogP contribution in [0, 0.1) is 11.3 Å². The second kappa shape index (κ2) is 8.70. The molecule has 2 aromatic carbocycles. The Morgan fingerprint density at radius 1 is 1.25 bits per heavy atom. The molecule has 2 aromatic rings. The molecule has 1 aliphatic heterocycles. The first-order chi connectivity index (χ1) is 13.5. The van der Waals surface area contributed by atoms with E-state index in [-0.39, 0.29) is 11.5 Å². The summed E-state index contributed by atoms with van der Waals surface area (Å²) in [5, 5.41) is 12.8. The molecule has 0 aromatic heterocycles. The first kappa shape index (κ1) is 20.3. The Morgan fingerprint density at radius 2 is 1.96 bits per heavy atom. The van der Waals surface area contributed by atoms with Crippen molar-refractivity contribution in [3.8, 4) is 6.07 Å². The highest BCUT2D eigenvalue weighted by atomic mass is 35.5. The summed E-state index contributed by atoms with van der Waals surface area (Å²) in [7, 11) is 1.44. The standard InChI is InChI=1S/C20H15Cl2N3O2S/c1-24-18(26)15(11-23)20-25(14-5-3-2-4-6-14)19(27)17(28-20)10-12-9-13(21)7-8-16(12)22/h2-9,17H,10H2,1H3,(H,24,26). The van der Waals surface area contributed by atoms with Gasteiger partial charge in [0.25, 0.3) is 5.91 Å². The molecule has 28 heavy (non-hydrogen) atoms. The van der Waals surface area contributed by atoms with E-state index in [2.05, 4.69) is 5.32 Å². The summed E-state index contributed by atoms with van der Waals surface area (Å²) >= 11 is 13.5. The molecule has 3 rings (SSSR count). The minimum absolute atomic E-state index is 0.107. The number of amides is 2. The number of likely N-dealkylation sites (N-methyl/N-ethyl adjacent to an activating group) is 1. The quantitative estimate of drug-likeness (QED) is 0.582. The molecule has 2 amide bonds. The lowest BCUT2D eigenvalue weighted by atomic mass is 10.1. The Balaban J connectivity index is 2.05. The SMILES string of the molecule is CNC(=O)C(C#N)=C1SC(Cc2cc(Cl)ccc2Cl)C(=O)N1c1ccccc1. The van der Waals surface area contributed by atoms with Crippen LogP contribution >= 0.6 is 35.0 Å². The average molecular weight is 432 g/mol. The van der Waals surface area contributed by atoms with Crippen molar-refractivity contribution in [2.45, 2.75) is 11.7 Å². The summed E-state index contributed by atoms with van der Waals surface area (Å²) in [6.45, 7) is 0. The van der Waals surface area contributed by atoms with E-state index in [1.54, 1.807) is 42.5 Å². The van der Waals surface area contributed by atoms with Crippen LogP contribution in [0.2, 0.25) is 10.0 Å². The van der Waals surface area contributed by atoms with Gasteiger partial charge in [-0.05, 0) is 42.3 Å². The van der Waals surface area contributed by atoms with E-state index in [0.29, 0.717) is 27.2 Å². The van der Waals surface area contributed by atoms with Crippen LogP contribution in [0.4, 0.5) is 5.69 Å². The van der Waals surface area contributed by atoms with Gasteiger partial charge in [-0.3, -0.25) is 14.5 Å². The zero-order valence-corrected chi connectivity index (χ0v) is 17.1. The number of nitriles is 1. The number of nitrogens with one attached hydrogen (secondary N) is 1. The molecule has 0 spiro atoms. The normalized spacial score (nSPS) is 18.0. The number of anilines is 1. The first-order valence-corrected chi connectivity index (χ1v) is 9.96. The van der Waals surface area contributed by atoms with Gasteiger partial charge in [0, 0.05) is 22.8 Å². The number of thioether (sulfide) groups is 1. The van der Waals surface area contributed by atoms with Crippen LogP contribution in [-0.4, -0.2) is 24.1 Å². The summed E-state index contributed by atoms with van der Waals surface area (Å²) in [6, 6.07) is 15.9. The lowest BCUT2D eigenvalue weighted by Crippen LogP contribution is -2.31. The number of hydrogen-bond acceptors (Lipinski definition) is 4. The highest BCUT2D eigenvalue weighted by Gasteiger charge is 2.40. The van der Waals surface area contributed by atoms with Crippen molar-refractivity contribution < 1.29 is 9.59 Å². The van der Waals surface area contributed by atoms with Crippen molar-refractivity contribution >= 4 is 52.5 Å². The molecule has 0 bridgehead atoms. The van der Waals surface area contributed by atoms with E-state index in [4.69, 9.17) is 23.2 Å². The fourth-order valence-electron chi connectivity index (χ4n) is 2.82. The molecular formula is C20H15Cl2N3O2S. The minimum Gasteiger partial charge on any atom is -0.354 e. The van der Waals surface area contributed by atoms with E-state index >= 15 is 0 Å². The maximum atomic E-state index is 13.2. The first-order valence-electron chi connectivity index (χ1n) is 8.32. The molecule has 142 valence electrons. The van der Waals surface area contributed by atoms with Gasteiger partial charge in [0.05, 0.1) is 5.25 Å². The number of carbonyl (C=O) groups excluding carboxylic acids is 2. The highest BCUT2D eigenvalue weighted by Crippen LogP contribution is 2.42. The molecule has 1 atom stereocenters. The third kappa shape index (κ3) is 4.02. The third-order valence-electron chi connectivity index (χ3n) is 4.16. The van der Waals surface area contributed by atoms with Gasteiger partial charge in [0.1, 0.15) is 16.7 Å². The fourth-order valence-corrected chi connectivity index (χ4v) is 4.51. The van der Waals surface area contributed by atoms with Crippen molar-refractivity contribution in [2.24, 2.45) is 0 Å². The van der Waals surface area contributed by atoms with Crippen LogP contribution in [0.1, 0.15) is 5.56 Å². The maximum absolute atomic E-state index is 13.2. The predicted octanol–water partition coefficient (Wildman–Crippen LogP) is 4.17. The number of benzene rings is 2. The molecular weight excluding hydrogens is 417 g/mol. The number of nitrogens with zero attached hydrogens (tertiary/aromatic N) is 2. The fraction of sp³-hybridized carbons (Fsp3) is 0.150. The Morgan fingerprint density at radius 3 is 2.61 bits per heavy atom. The van der Waals surface area contributed by atoms with Crippen molar-refractivity contribution in [2.75, 3.05) is 11.9 Å². The molecule has 8 heteroatoms. The van der Waals surface area contributed by atoms with E-state index in [1.165, 1.54) is 23.7 Å². The topological polar surface area (TPSA) is 73.2 Å². The second-order valence-electron chi connectivity index (χ2n) is 5.93. The summed E-state index contributed by atoms with van der Waals surface area (Å²) in [5.41, 5.74) is 1.21. The van der Waals surface area contributed by atoms with Gasteiger partial charge < -0.3 is 5.32 Å². The molecule has 0 saturated carbocycles. The zero-order chi connectivity index (χ0) is 20.3. The van der Waals surface area contributed by atoms with Gasteiger partial charge >= 0.3 is 0 Å². The molecule has 1 heterocycles.